The highest BCUT2D eigenvalue weighted by molar-refractivity contribution is 6.31. The van der Waals surface area contributed by atoms with Crippen LogP contribution in [0.3, 0.4) is 0 Å². The van der Waals surface area contributed by atoms with Crippen LogP contribution in [-0.4, -0.2) is 40.4 Å². The van der Waals surface area contributed by atoms with E-state index in [1.54, 1.807) is 0 Å². The Morgan fingerprint density at radius 3 is 2.59 bits per heavy atom. The van der Waals surface area contributed by atoms with E-state index in [0.717, 1.165) is 17.0 Å². The maximum absolute atomic E-state index is 13.4. The van der Waals surface area contributed by atoms with Crippen molar-refractivity contribution in [3.8, 4) is 0 Å². The summed E-state index contributed by atoms with van der Waals surface area (Å²) in [5.74, 6) is -3.27. The van der Waals surface area contributed by atoms with E-state index in [1.807, 2.05) is 0 Å². The average Bonchev–Trinajstić information content (AvgIpc) is 2.41. The first-order valence-corrected chi connectivity index (χ1v) is 6.60. The van der Waals surface area contributed by atoms with Gasteiger partial charge in [0.2, 0.25) is 5.91 Å². The lowest BCUT2D eigenvalue weighted by molar-refractivity contribution is -0.385. The lowest BCUT2D eigenvalue weighted by Crippen LogP contribution is -2.34. The van der Waals surface area contributed by atoms with Gasteiger partial charge in [0.15, 0.2) is 0 Å². The molecule has 7 nitrogen and oxygen atoms in total. The van der Waals surface area contributed by atoms with Crippen LogP contribution in [0.4, 0.5) is 10.1 Å². The third kappa shape index (κ3) is 4.39. The Balaban J connectivity index is 2.94. The van der Waals surface area contributed by atoms with E-state index < -0.39 is 45.7 Å². The number of benzene rings is 1. The number of nitrogens with zero attached hydrogens (tertiary/aromatic N) is 2. The first kappa shape index (κ1) is 17.8. The molecule has 0 saturated carbocycles. The maximum atomic E-state index is 13.4. The summed E-state index contributed by atoms with van der Waals surface area (Å²) in [7, 11) is 1.37. The van der Waals surface area contributed by atoms with Crippen LogP contribution in [0.1, 0.15) is 12.5 Å². The number of halogens is 2. The molecule has 0 heterocycles. The smallest absolute Gasteiger partial charge is 0.308 e. The first-order chi connectivity index (χ1) is 10.1. The highest BCUT2D eigenvalue weighted by atomic mass is 35.5. The molecule has 0 bridgehead atoms. The molecule has 0 spiro atoms. The molecule has 0 fully saturated rings. The van der Waals surface area contributed by atoms with Gasteiger partial charge in [-0.05, 0) is 6.07 Å². The zero-order chi connectivity index (χ0) is 17.0. The maximum Gasteiger partial charge on any atom is 0.308 e. The van der Waals surface area contributed by atoms with E-state index in [-0.39, 0.29) is 12.1 Å². The summed E-state index contributed by atoms with van der Waals surface area (Å²) in [4.78, 5) is 34.0. The predicted octanol–water partition coefficient (Wildman–Crippen LogP) is 2.11. The van der Waals surface area contributed by atoms with E-state index in [1.165, 1.54) is 14.0 Å². The molecular weight excluding hydrogens is 319 g/mol. The van der Waals surface area contributed by atoms with Crippen molar-refractivity contribution in [2.24, 2.45) is 5.92 Å². The van der Waals surface area contributed by atoms with E-state index in [9.17, 15) is 24.1 Å². The second kappa shape index (κ2) is 7.17. The summed E-state index contributed by atoms with van der Waals surface area (Å²) in [5.41, 5.74) is -0.578. The molecule has 1 rings (SSSR count). The number of aliphatic carboxylic acids is 1. The molecule has 1 unspecified atom stereocenters. The number of amides is 1. The van der Waals surface area contributed by atoms with Crippen molar-refractivity contribution >= 4 is 29.2 Å². The van der Waals surface area contributed by atoms with Gasteiger partial charge in [-0.1, -0.05) is 18.5 Å². The molecule has 1 aromatic rings. The number of likely N-dealkylation sites (N-methyl/N-ethyl adjacent to an activating group) is 1. The number of carboxylic acids is 1. The van der Waals surface area contributed by atoms with Crippen molar-refractivity contribution in [1.82, 2.24) is 4.90 Å². The Morgan fingerprint density at radius 2 is 2.09 bits per heavy atom. The van der Waals surface area contributed by atoms with Crippen molar-refractivity contribution < 1.29 is 24.0 Å². The summed E-state index contributed by atoms with van der Waals surface area (Å²) in [6.07, 6.45) is -0.423. The summed E-state index contributed by atoms with van der Waals surface area (Å²) in [6.45, 7) is 1.37. The SMILES string of the molecule is CC(CN(C)C(=O)Cc1cc(F)c(Cl)cc1[N+](=O)[O-])C(=O)O. The topological polar surface area (TPSA) is 101 Å². The molecule has 0 aliphatic rings. The molecule has 1 atom stereocenters. The summed E-state index contributed by atoms with van der Waals surface area (Å²) in [6, 6.07) is 1.69. The molecule has 1 aromatic carbocycles. The molecule has 0 aromatic heterocycles. The minimum absolute atomic E-state index is 0.0575. The lowest BCUT2D eigenvalue weighted by Gasteiger charge is -2.19. The standard InChI is InChI=1S/C13H14ClFN2O5/c1-7(13(19)20)6-16(2)12(18)4-8-3-10(15)9(14)5-11(8)17(21)22/h3,5,7H,4,6H2,1-2H3,(H,19,20). The third-order valence-electron chi connectivity index (χ3n) is 3.05. The number of hydrogen-bond acceptors (Lipinski definition) is 4. The molecule has 0 saturated heterocycles. The second-order valence-corrected chi connectivity index (χ2v) is 5.25. The second-order valence-electron chi connectivity index (χ2n) is 4.84. The van der Waals surface area contributed by atoms with Gasteiger partial charge in [0.05, 0.1) is 22.3 Å². The minimum Gasteiger partial charge on any atom is -0.481 e. The number of carbonyl (C=O) groups excluding carboxylic acids is 1. The average molecular weight is 333 g/mol. The van der Waals surface area contributed by atoms with E-state index in [0.29, 0.717) is 0 Å². The molecule has 120 valence electrons. The zero-order valence-electron chi connectivity index (χ0n) is 11.9. The van der Waals surface area contributed by atoms with E-state index in [4.69, 9.17) is 16.7 Å². The lowest BCUT2D eigenvalue weighted by atomic mass is 10.1. The predicted molar refractivity (Wildman–Crippen MR) is 76.2 cm³/mol. The fourth-order valence-corrected chi connectivity index (χ4v) is 1.94. The Labute approximate surface area is 130 Å². The minimum atomic E-state index is -1.07. The Hall–Kier alpha value is -2.22. The van der Waals surface area contributed by atoms with Gasteiger partial charge in [0.25, 0.3) is 5.69 Å². The van der Waals surface area contributed by atoms with Gasteiger partial charge in [-0.15, -0.1) is 0 Å². The Morgan fingerprint density at radius 1 is 1.50 bits per heavy atom. The number of carboxylic acid groups (broad SMARTS) is 1. The third-order valence-corrected chi connectivity index (χ3v) is 3.34. The molecule has 0 aliphatic heterocycles. The van der Waals surface area contributed by atoms with E-state index >= 15 is 0 Å². The normalized spacial score (nSPS) is 11.8. The molecule has 9 heteroatoms. The van der Waals surface area contributed by atoms with Crippen molar-refractivity contribution in [2.75, 3.05) is 13.6 Å². The Kier molecular flexibility index (Phi) is 5.81. The van der Waals surface area contributed by atoms with Crippen molar-refractivity contribution in [3.05, 3.63) is 38.7 Å². The number of carbonyl (C=O) groups is 2. The van der Waals surface area contributed by atoms with Crippen LogP contribution in [0.5, 0.6) is 0 Å². The molecule has 1 N–H and O–H groups in total. The molecule has 1 amide bonds. The van der Waals surface area contributed by atoms with Gasteiger partial charge in [0, 0.05) is 25.2 Å². The van der Waals surface area contributed by atoms with Gasteiger partial charge in [0.1, 0.15) is 5.82 Å². The van der Waals surface area contributed by atoms with Crippen molar-refractivity contribution in [2.45, 2.75) is 13.3 Å². The quantitative estimate of drug-likeness (QED) is 0.635. The largest absolute Gasteiger partial charge is 0.481 e. The fourth-order valence-electron chi connectivity index (χ4n) is 1.78. The van der Waals surface area contributed by atoms with Crippen LogP contribution in [0.2, 0.25) is 5.02 Å². The number of hydrogen-bond donors (Lipinski definition) is 1. The number of nitro benzene ring substituents is 1. The molecule has 0 radical (unpaired) electrons. The summed E-state index contributed by atoms with van der Waals surface area (Å²) < 4.78 is 13.4. The number of nitro groups is 1. The van der Waals surface area contributed by atoms with Crippen LogP contribution in [-0.2, 0) is 16.0 Å². The van der Waals surface area contributed by atoms with Gasteiger partial charge in [-0.25, -0.2) is 4.39 Å². The molecular formula is C13H14ClFN2O5. The van der Waals surface area contributed by atoms with Gasteiger partial charge in [-0.2, -0.15) is 0 Å². The van der Waals surface area contributed by atoms with Crippen LogP contribution in [0.15, 0.2) is 12.1 Å². The summed E-state index contributed by atoms with van der Waals surface area (Å²) >= 11 is 5.49. The van der Waals surface area contributed by atoms with Gasteiger partial charge in [-0.3, -0.25) is 19.7 Å². The Bertz CT molecular complexity index is 623. The van der Waals surface area contributed by atoms with Crippen LogP contribution >= 0.6 is 11.6 Å². The zero-order valence-corrected chi connectivity index (χ0v) is 12.6. The molecule has 22 heavy (non-hydrogen) atoms. The van der Waals surface area contributed by atoms with Crippen LogP contribution < -0.4 is 0 Å². The highest BCUT2D eigenvalue weighted by Crippen LogP contribution is 2.27. The van der Waals surface area contributed by atoms with Gasteiger partial charge >= 0.3 is 5.97 Å². The van der Waals surface area contributed by atoms with Crippen molar-refractivity contribution in [1.29, 1.82) is 0 Å². The fraction of sp³-hybridized carbons (Fsp3) is 0.385. The van der Waals surface area contributed by atoms with E-state index in [2.05, 4.69) is 0 Å². The highest BCUT2D eigenvalue weighted by Gasteiger charge is 2.23. The molecule has 0 aliphatic carbocycles. The van der Waals surface area contributed by atoms with Crippen LogP contribution in [0.25, 0.3) is 0 Å². The monoisotopic (exact) mass is 332 g/mol. The van der Waals surface area contributed by atoms with Crippen molar-refractivity contribution in [3.63, 3.8) is 0 Å². The van der Waals surface area contributed by atoms with Crippen LogP contribution in [0, 0.1) is 21.8 Å². The summed E-state index contributed by atoms with van der Waals surface area (Å²) in [5, 5.41) is 19.3. The first-order valence-electron chi connectivity index (χ1n) is 6.22. The number of rotatable bonds is 6. The van der Waals surface area contributed by atoms with Gasteiger partial charge < -0.3 is 10.0 Å².